The van der Waals surface area contributed by atoms with E-state index in [1.807, 2.05) is 24.3 Å². The number of phenols is 1. The number of H-pyrrole nitrogens is 1. The summed E-state index contributed by atoms with van der Waals surface area (Å²) in [5.74, 6) is -3.36. The summed E-state index contributed by atoms with van der Waals surface area (Å²) >= 11 is 0. The number of aromatic hydroxyl groups is 1. The number of halogens is 3. The first-order valence-electron chi connectivity index (χ1n) is 8.18. The molecule has 4 N–H and O–H groups in total. The number of carboxylic acids is 2. The van der Waals surface area contributed by atoms with E-state index in [-0.39, 0.29) is 11.3 Å². The van der Waals surface area contributed by atoms with E-state index in [0.29, 0.717) is 27.8 Å². The molecule has 0 amide bonds. The maximum absolute atomic E-state index is 11.1. The van der Waals surface area contributed by atoms with Crippen molar-refractivity contribution in [1.29, 1.82) is 0 Å². The van der Waals surface area contributed by atoms with Crippen molar-refractivity contribution in [1.82, 2.24) is 15.0 Å². The summed E-state index contributed by atoms with van der Waals surface area (Å²) in [6.45, 7) is 0. The van der Waals surface area contributed by atoms with Gasteiger partial charge in [-0.1, -0.05) is 12.1 Å². The Kier molecular flexibility index (Phi) is 5.28. The van der Waals surface area contributed by atoms with Crippen LogP contribution in [-0.4, -0.2) is 48.4 Å². The van der Waals surface area contributed by atoms with Crippen LogP contribution in [0.5, 0.6) is 5.75 Å². The van der Waals surface area contributed by atoms with Crippen LogP contribution in [-0.2, 0) is 4.79 Å². The molecule has 2 aromatic carbocycles. The Hall–Kier alpha value is -4.15. The number of hydrogen-bond donors (Lipinski definition) is 4. The van der Waals surface area contributed by atoms with Gasteiger partial charge in [-0.3, -0.25) is 4.98 Å². The normalized spacial score (nSPS) is 11.2. The zero-order chi connectivity index (χ0) is 22.1. The maximum atomic E-state index is 11.1. The van der Waals surface area contributed by atoms with Gasteiger partial charge < -0.3 is 20.3 Å². The Morgan fingerprint density at radius 3 is 2.30 bits per heavy atom. The number of aliphatic carboxylic acids is 1. The fourth-order valence-corrected chi connectivity index (χ4v) is 2.66. The molecular weight excluding hydrogens is 407 g/mol. The second-order valence-electron chi connectivity index (χ2n) is 5.96. The second-order valence-corrected chi connectivity index (χ2v) is 5.96. The summed E-state index contributed by atoms with van der Waals surface area (Å²) in [5, 5.41) is 27.6. The molecule has 0 aliphatic heterocycles. The van der Waals surface area contributed by atoms with Crippen LogP contribution >= 0.6 is 0 Å². The molecule has 0 saturated carbocycles. The number of nitrogens with one attached hydrogen (secondary N) is 1. The molecule has 154 valence electrons. The molecule has 8 nitrogen and oxygen atoms in total. The van der Waals surface area contributed by atoms with Crippen molar-refractivity contribution in [3.05, 3.63) is 54.2 Å². The number of alkyl halides is 3. The molecule has 2 aromatic heterocycles. The lowest BCUT2D eigenvalue weighted by Gasteiger charge is -2.04. The number of nitrogens with zero attached hydrogens (tertiary/aromatic N) is 2. The lowest BCUT2D eigenvalue weighted by atomic mass is 10.0. The number of phenolic OH excluding ortho intramolecular Hbond substituents is 1. The van der Waals surface area contributed by atoms with Crippen LogP contribution in [0.4, 0.5) is 13.2 Å². The Bertz CT molecular complexity index is 1250. The van der Waals surface area contributed by atoms with E-state index in [2.05, 4.69) is 15.0 Å². The third kappa shape index (κ3) is 4.14. The second kappa shape index (κ2) is 7.70. The molecule has 0 saturated heterocycles. The molecule has 30 heavy (non-hydrogen) atoms. The zero-order valence-electron chi connectivity index (χ0n) is 14.8. The number of aromatic amines is 1. The number of aromatic carboxylic acids is 1. The van der Waals surface area contributed by atoms with Gasteiger partial charge in [0.05, 0.1) is 16.5 Å². The van der Waals surface area contributed by atoms with Gasteiger partial charge in [-0.25, -0.2) is 14.6 Å². The first kappa shape index (κ1) is 20.6. The smallest absolute Gasteiger partial charge is 0.490 e. The Morgan fingerprint density at radius 2 is 1.73 bits per heavy atom. The molecule has 0 radical (unpaired) electrons. The van der Waals surface area contributed by atoms with Gasteiger partial charge in [0.25, 0.3) is 0 Å². The minimum absolute atomic E-state index is 0.0369. The fourth-order valence-electron chi connectivity index (χ4n) is 2.66. The average molecular weight is 419 g/mol. The minimum atomic E-state index is -5.08. The van der Waals surface area contributed by atoms with E-state index in [1.54, 1.807) is 12.3 Å². The standard InChI is InChI=1S/C17H11N3O3.C2HF3O2/c21-13-8-10(17(22)23)7-9-4-5-11-15(14(9)13)20-16(19-11)12-3-1-2-6-18-12;3-2(4,5)1(6)7/h1-8,21H,(H,19,20)(H,22,23);(H,6,7). The summed E-state index contributed by atoms with van der Waals surface area (Å²) in [6, 6.07) is 11.8. The van der Waals surface area contributed by atoms with Gasteiger partial charge >= 0.3 is 18.1 Å². The van der Waals surface area contributed by atoms with Gasteiger partial charge in [0, 0.05) is 6.20 Å². The number of carbonyl (C=O) groups is 2. The summed E-state index contributed by atoms with van der Waals surface area (Å²) in [5.41, 5.74) is 2.06. The predicted octanol–water partition coefficient (Wildman–Crippen LogP) is 3.82. The lowest BCUT2D eigenvalue weighted by Crippen LogP contribution is -2.21. The van der Waals surface area contributed by atoms with Crippen LogP contribution in [0.2, 0.25) is 0 Å². The highest BCUT2D eigenvalue weighted by Crippen LogP contribution is 2.33. The van der Waals surface area contributed by atoms with Gasteiger partial charge in [-0.05, 0) is 35.7 Å². The zero-order valence-corrected chi connectivity index (χ0v) is 14.8. The molecule has 2 heterocycles. The first-order valence-corrected chi connectivity index (χ1v) is 8.18. The monoisotopic (exact) mass is 419 g/mol. The van der Waals surface area contributed by atoms with Crippen molar-refractivity contribution in [3.63, 3.8) is 0 Å². The van der Waals surface area contributed by atoms with E-state index in [4.69, 9.17) is 15.0 Å². The summed E-state index contributed by atoms with van der Waals surface area (Å²) < 4.78 is 31.7. The number of carboxylic acid groups (broad SMARTS) is 2. The molecule has 4 rings (SSSR count). The van der Waals surface area contributed by atoms with Crippen LogP contribution < -0.4 is 0 Å². The lowest BCUT2D eigenvalue weighted by molar-refractivity contribution is -0.192. The highest BCUT2D eigenvalue weighted by molar-refractivity contribution is 6.10. The molecule has 11 heteroatoms. The van der Waals surface area contributed by atoms with Gasteiger partial charge in [0.15, 0.2) is 5.82 Å². The van der Waals surface area contributed by atoms with Gasteiger partial charge in [0.2, 0.25) is 0 Å². The molecular formula is C19H12F3N3O5. The predicted molar refractivity (Wildman–Crippen MR) is 99.1 cm³/mol. The number of aromatic nitrogens is 3. The topological polar surface area (TPSA) is 136 Å². The molecule has 0 unspecified atom stereocenters. The quantitative estimate of drug-likeness (QED) is 0.388. The van der Waals surface area contributed by atoms with Crippen LogP contribution in [0.15, 0.2) is 48.7 Å². The largest absolute Gasteiger partial charge is 0.507 e. The minimum Gasteiger partial charge on any atom is -0.507 e. The number of imidazole rings is 1. The number of rotatable bonds is 2. The summed E-state index contributed by atoms with van der Waals surface area (Å²) in [4.78, 5) is 31.9. The highest BCUT2D eigenvalue weighted by Gasteiger charge is 2.38. The summed E-state index contributed by atoms with van der Waals surface area (Å²) in [6.07, 6.45) is -3.41. The average Bonchev–Trinajstić information content (AvgIpc) is 3.12. The molecule has 4 aromatic rings. The summed E-state index contributed by atoms with van der Waals surface area (Å²) in [7, 11) is 0. The molecule has 0 aliphatic rings. The third-order valence-electron chi connectivity index (χ3n) is 3.94. The maximum Gasteiger partial charge on any atom is 0.490 e. The Morgan fingerprint density at radius 1 is 1.03 bits per heavy atom. The molecule has 0 aliphatic carbocycles. The van der Waals surface area contributed by atoms with Gasteiger partial charge in [0.1, 0.15) is 17.0 Å². The van der Waals surface area contributed by atoms with Crippen molar-refractivity contribution in [3.8, 4) is 17.3 Å². The van der Waals surface area contributed by atoms with Crippen LogP contribution in [0.3, 0.4) is 0 Å². The van der Waals surface area contributed by atoms with Crippen molar-refractivity contribution in [2.24, 2.45) is 0 Å². The van der Waals surface area contributed by atoms with E-state index in [1.165, 1.54) is 12.1 Å². The molecule has 0 spiro atoms. The van der Waals surface area contributed by atoms with E-state index in [0.717, 1.165) is 5.52 Å². The molecule has 0 fully saturated rings. The van der Waals surface area contributed by atoms with Crippen molar-refractivity contribution < 1.29 is 38.1 Å². The number of pyridine rings is 1. The first-order chi connectivity index (χ1) is 14.1. The van der Waals surface area contributed by atoms with Gasteiger partial charge in [-0.2, -0.15) is 13.2 Å². The van der Waals surface area contributed by atoms with Crippen molar-refractivity contribution >= 4 is 33.7 Å². The van der Waals surface area contributed by atoms with Crippen LogP contribution in [0.25, 0.3) is 33.3 Å². The SMILES string of the molecule is O=C(O)C(F)(F)F.O=C(O)c1cc(O)c2c(ccc3[nH]c(-c4ccccn4)nc32)c1. The van der Waals surface area contributed by atoms with Crippen LogP contribution in [0, 0.1) is 0 Å². The van der Waals surface area contributed by atoms with E-state index >= 15 is 0 Å². The highest BCUT2D eigenvalue weighted by atomic mass is 19.4. The Balaban J connectivity index is 0.000000318. The number of benzene rings is 2. The van der Waals surface area contributed by atoms with E-state index < -0.39 is 18.1 Å². The fraction of sp³-hybridized carbons (Fsp3) is 0.0526. The van der Waals surface area contributed by atoms with Crippen molar-refractivity contribution in [2.45, 2.75) is 6.18 Å². The molecule has 0 atom stereocenters. The number of fused-ring (bicyclic) bond motifs is 3. The third-order valence-corrected chi connectivity index (χ3v) is 3.94. The van der Waals surface area contributed by atoms with E-state index in [9.17, 15) is 23.1 Å². The molecule has 0 bridgehead atoms. The Labute approximate surface area is 165 Å². The van der Waals surface area contributed by atoms with Crippen molar-refractivity contribution in [2.75, 3.05) is 0 Å². The van der Waals surface area contributed by atoms with Crippen LogP contribution in [0.1, 0.15) is 10.4 Å². The number of hydrogen-bond acceptors (Lipinski definition) is 5. The van der Waals surface area contributed by atoms with Gasteiger partial charge in [-0.15, -0.1) is 0 Å².